The molecular weight excluding hydrogens is 184 g/mol. The quantitative estimate of drug-likeness (QED) is 0.403. The van der Waals surface area contributed by atoms with Gasteiger partial charge in [0.1, 0.15) is 0 Å². The van der Waals surface area contributed by atoms with Gasteiger partial charge >= 0.3 is 11.9 Å². The predicted molar refractivity (Wildman–Crippen MR) is 51.9 cm³/mol. The van der Waals surface area contributed by atoms with Gasteiger partial charge in [-0.2, -0.15) is 0 Å². The van der Waals surface area contributed by atoms with E-state index in [1.807, 2.05) is 6.92 Å². The van der Waals surface area contributed by atoms with Crippen LogP contribution in [0.4, 0.5) is 0 Å². The van der Waals surface area contributed by atoms with E-state index in [2.05, 4.69) is 0 Å². The van der Waals surface area contributed by atoms with E-state index in [1.165, 1.54) is 6.08 Å². The zero-order chi connectivity index (χ0) is 11.0. The van der Waals surface area contributed by atoms with Crippen molar-refractivity contribution in [3.05, 3.63) is 11.6 Å². The van der Waals surface area contributed by atoms with Gasteiger partial charge in [-0.15, -0.1) is 0 Å². The summed E-state index contributed by atoms with van der Waals surface area (Å²) in [6, 6.07) is 0. The Balaban J connectivity index is 3.86. The number of hydrogen-bond donors (Lipinski definition) is 1. The monoisotopic (exact) mass is 200 g/mol. The molecule has 0 aliphatic rings. The van der Waals surface area contributed by atoms with E-state index in [0.29, 0.717) is 12.2 Å². The minimum Gasteiger partial charge on any atom is -0.481 e. The summed E-state index contributed by atoms with van der Waals surface area (Å²) in [6.45, 7) is 3.95. The molecule has 0 bridgehead atoms. The summed E-state index contributed by atoms with van der Waals surface area (Å²) in [5, 5.41) is 8.36. The Hall–Kier alpha value is -1.32. The molecule has 0 unspecified atom stereocenters. The van der Waals surface area contributed by atoms with Gasteiger partial charge in [0.2, 0.25) is 0 Å². The molecule has 0 saturated heterocycles. The number of carboxylic acid groups (broad SMARTS) is 1. The van der Waals surface area contributed by atoms with Crippen LogP contribution >= 0.6 is 0 Å². The second-order valence-corrected chi connectivity index (χ2v) is 2.97. The first-order chi connectivity index (χ1) is 6.57. The van der Waals surface area contributed by atoms with Crippen LogP contribution in [0.5, 0.6) is 0 Å². The molecule has 0 saturated carbocycles. The van der Waals surface area contributed by atoms with Crippen molar-refractivity contribution in [1.82, 2.24) is 0 Å². The van der Waals surface area contributed by atoms with Gasteiger partial charge in [-0.3, -0.25) is 4.79 Å². The Bertz CT molecular complexity index is 230. The van der Waals surface area contributed by atoms with Gasteiger partial charge in [0.05, 0.1) is 13.0 Å². The fourth-order valence-electron chi connectivity index (χ4n) is 0.747. The van der Waals surface area contributed by atoms with Gasteiger partial charge in [0.25, 0.3) is 0 Å². The van der Waals surface area contributed by atoms with E-state index in [1.54, 1.807) is 6.92 Å². The Kier molecular flexibility index (Phi) is 6.45. The van der Waals surface area contributed by atoms with Crippen molar-refractivity contribution in [2.24, 2.45) is 0 Å². The van der Waals surface area contributed by atoms with Crippen LogP contribution in [0, 0.1) is 0 Å². The highest BCUT2D eigenvalue weighted by Crippen LogP contribution is 2.00. The molecule has 0 spiro atoms. The number of ether oxygens (including phenoxy) is 1. The number of carbonyl (C=O) groups excluding carboxylic acids is 1. The molecule has 0 aliphatic carbocycles. The summed E-state index contributed by atoms with van der Waals surface area (Å²) in [6.07, 6.45) is 3.01. The highest BCUT2D eigenvalue weighted by Gasteiger charge is 2.05. The van der Waals surface area contributed by atoms with Gasteiger partial charge in [0, 0.05) is 5.57 Å². The van der Waals surface area contributed by atoms with Crippen LogP contribution in [0.3, 0.4) is 0 Å². The van der Waals surface area contributed by atoms with Crippen molar-refractivity contribution >= 4 is 11.9 Å². The van der Waals surface area contributed by atoms with E-state index in [4.69, 9.17) is 9.84 Å². The first-order valence-corrected chi connectivity index (χ1v) is 4.63. The van der Waals surface area contributed by atoms with Crippen LogP contribution in [0.1, 0.15) is 33.1 Å². The SMILES string of the molecule is CCCCOC(=O)C(C)=CCC(=O)O. The maximum Gasteiger partial charge on any atom is 0.333 e. The Labute approximate surface area is 83.6 Å². The smallest absolute Gasteiger partial charge is 0.333 e. The van der Waals surface area contributed by atoms with Crippen molar-refractivity contribution < 1.29 is 19.4 Å². The molecule has 0 aromatic carbocycles. The Morgan fingerprint density at radius 3 is 2.57 bits per heavy atom. The first-order valence-electron chi connectivity index (χ1n) is 4.63. The van der Waals surface area contributed by atoms with Crippen molar-refractivity contribution in [2.45, 2.75) is 33.1 Å². The summed E-state index contributed by atoms with van der Waals surface area (Å²) in [5.41, 5.74) is 0.350. The fraction of sp³-hybridized carbons (Fsp3) is 0.600. The average molecular weight is 200 g/mol. The molecule has 14 heavy (non-hydrogen) atoms. The number of esters is 1. The molecule has 0 aromatic rings. The van der Waals surface area contributed by atoms with Crippen molar-refractivity contribution in [3.8, 4) is 0 Å². The summed E-state index contributed by atoms with van der Waals surface area (Å²) in [5.74, 6) is -1.38. The lowest BCUT2D eigenvalue weighted by molar-refractivity contribution is -0.139. The van der Waals surface area contributed by atoms with Crippen LogP contribution in [-0.4, -0.2) is 23.7 Å². The molecular formula is C10H16O4. The summed E-state index contributed by atoms with van der Waals surface area (Å²) in [4.78, 5) is 21.3. The maximum absolute atomic E-state index is 11.1. The van der Waals surface area contributed by atoms with Gasteiger partial charge in [-0.05, 0) is 13.3 Å². The number of unbranched alkanes of at least 4 members (excludes halogenated alkanes) is 1. The van der Waals surface area contributed by atoms with Crippen LogP contribution in [0.15, 0.2) is 11.6 Å². The van der Waals surface area contributed by atoms with E-state index in [-0.39, 0.29) is 6.42 Å². The van der Waals surface area contributed by atoms with Gasteiger partial charge in [0.15, 0.2) is 0 Å². The number of rotatable bonds is 6. The fourth-order valence-corrected chi connectivity index (χ4v) is 0.747. The lowest BCUT2D eigenvalue weighted by Crippen LogP contribution is -2.07. The van der Waals surface area contributed by atoms with Crippen molar-refractivity contribution in [1.29, 1.82) is 0 Å². The standard InChI is InChI=1S/C10H16O4/c1-3-4-7-14-10(13)8(2)5-6-9(11)12/h5H,3-4,6-7H2,1-2H3,(H,11,12). The molecule has 0 rings (SSSR count). The van der Waals surface area contributed by atoms with E-state index >= 15 is 0 Å². The predicted octanol–water partition coefficient (Wildman–Crippen LogP) is 1.75. The highest BCUT2D eigenvalue weighted by atomic mass is 16.5. The molecule has 0 aliphatic heterocycles. The first kappa shape index (κ1) is 12.7. The summed E-state index contributed by atoms with van der Waals surface area (Å²) >= 11 is 0. The molecule has 0 fully saturated rings. The van der Waals surface area contributed by atoms with Crippen LogP contribution in [0.25, 0.3) is 0 Å². The summed E-state index contributed by atoms with van der Waals surface area (Å²) in [7, 11) is 0. The minimum atomic E-state index is -0.953. The van der Waals surface area contributed by atoms with Gasteiger partial charge in [-0.1, -0.05) is 19.4 Å². The van der Waals surface area contributed by atoms with Crippen LogP contribution in [-0.2, 0) is 14.3 Å². The maximum atomic E-state index is 11.1. The molecule has 0 radical (unpaired) electrons. The molecule has 1 N–H and O–H groups in total. The van der Waals surface area contributed by atoms with Crippen LogP contribution < -0.4 is 0 Å². The lowest BCUT2D eigenvalue weighted by Gasteiger charge is -2.02. The third-order valence-electron chi connectivity index (χ3n) is 1.64. The zero-order valence-corrected chi connectivity index (χ0v) is 8.58. The second-order valence-electron chi connectivity index (χ2n) is 2.97. The van der Waals surface area contributed by atoms with Crippen molar-refractivity contribution in [3.63, 3.8) is 0 Å². The molecule has 80 valence electrons. The topological polar surface area (TPSA) is 63.6 Å². The Morgan fingerprint density at radius 1 is 1.43 bits per heavy atom. The van der Waals surface area contributed by atoms with E-state index in [0.717, 1.165) is 12.8 Å². The van der Waals surface area contributed by atoms with Crippen LogP contribution in [0.2, 0.25) is 0 Å². The molecule has 0 atom stereocenters. The third-order valence-corrected chi connectivity index (χ3v) is 1.64. The molecule has 4 heteroatoms. The zero-order valence-electron chi connectivity index (χ0n) is 8.58. The normalized spacial score (nSPS) is 11.1. The number of carboxylic acids is 1. The molecule has 0 amide bonds. The van der Waals surface area contributed by atoms with E-state index < -0.39 is 11.9 Å². The largest absolute Gasteiger partial charge is 0.481 e. The molecule has 0 heterocycles. The minimum absolute atomic E-state index is 0.144. The second kappa shape index (κ2) is 7.12. The average Bonchev–Trinajstić information content (AvgIpc) is 2.14. The third kappa shape index (κ3) is 6.22. The summed E-state index contributed by atoms with van der Waals surface area (Å²) < 4.78 is 4.88. The Morgan fingerprint density at radius 2 is 2.07 bits per heavy atom. The number of aliphatic carboxylic acids is 1. The van der Waals surface area contributed by atoms with E-state index in [9.17, 15) is 9.59 Å². The molecule has 0 aromatic heterocycles. The lowest BCUT2D eigenvalue weighted by atomic mass is 10.2. The van der Waals surface area contributed by atoms with Gasteiger partial charge < -0.3 is 9.84 Å². The highest BCUT2D eigenvalue weighted by molar-refractivity contribution is 5.88. The molecule has 4 nitrogen and oxygen atoms in total. The van der Waals surface area contributed by atoms with Gasteiger partial charge in [-0.25, -0.2) is 4.79 Å². The van der Waals surface area contributed by atoms with Crippen molar-refractivity contribution in [2.75, 3.05) is 6.61 Å². The number of carbonyl (C=O) groups is 2. The number of hydrogen-bond acceptors (Lipinski definition) is 3.